The average Bonchev–Trinajstić information content (AvgIpc) is 3.98. The molecule has 0 spiro atoms. The molecule has 19 nitrogen and oxygen atoms in total. The van der Waals surface area contributed by atoms with E-state index in [9.17, 15) is 43.0 Å². The van der Waals surface area contributed by atoms with Gasteiger partial charge in [-0.15, -0.1) is 10.2 Å². The zero-order valence-corrected chi connectivity index (χ0v) is 45.8. The van der Waals surface area contributed by atoms with Crippen LogP contribution in [0.15, 0.2) is 85.5 Å². The Bertz CT molecular complexity index is 3350. The normalized spacial score (nSPS) is 17.5. The van der Waals surface area contributed by atoms with Crippen LogP contribution in [-0.2, 0) is 29.1 Å². The molecule has 0 bridgehead atoms. The molecule has 2 aromatic heterocycles. The zero-order chi connectivity index (χ0) is 57.0. The number of nitrogens with zero attached hydrogens (tertiary/aromatic N) is 12. The van der Waals surface area contributed by atoms with Gasteiger partial charge < -0.3 is 45.3 Å². The van der Waals surface area contributed by atoms with Gasteiger partial charge in [0, 0.05) is 120 Å². The minimum Gasteiger partial charge on any atom is -0.508 e. The summed E-state index contributed by atoms with van der Waals surface area (Å²) in [7, 11) is 0. The van der Waals surface area contributed by atoms with E-state index in [1.54, 1.807) is 24.0 Å². The number of phenolic OH excluding ortho intramolecular Hbond substituents is 2. The summed E-state index contributed by atoms with van der Waals surface area (Å²) < 4.78 is 40.4. The molecule has 23 heteroatoms. The first-order valence-electron chi connectivity index (χ1n) is 27.3. The quantitative estimate of drug-likeness (QED) is 0.0713. The van der Waals surface area contributed by atoms with E-state index in [4.69, 9.17) is 21.6 Å². The van der Waals surface area contributed by atoms with Crippen LogP contribution in [0, 0.1) is 24.2 Å². The van der Waals surface area contributed by atoms with Crippen LogP contribution in [0.5, 0.6) is 11.5 Å². The van der Waals surface area contributed by atoms with E-state index < -0.39 is 24.5 Å². The Kier molecular flexibility index (Phi) is 16.9. The smallest absolute Gasteiger partial charge is 0.405 e. The number of piperazine rings is 2. The topological polar surface area (TPSA) is 215 Å². The summed E-state index contributed by atoms with van der Waals surface area (Å²) in [5.74, 6) is -0.488. The predicted octanol–water partition coefficient (Wildman–Crippen LogP) is 7.08. The Labute approximate surface area is 472 Å². The highest BCUT2D eigenvalue weighted by Gasteiger charge is 2.35. The molecule has 0 saturated carbocycles. The Morgan fingerprint density at radius 2 is 1.63 bits per heavy atom. The van der Waals surface area contributed by atoms with Crippen LogP contribution in [0.1, 0.15) is 58.7 Å². The second-order valence-corrected chi connectivity index (χ2v) is 21.6. The monoisotopic (exact) mass is 1130 g/mol. The molecule has 10 rings (SSSR count). The van der Waals surface area contributed by atoms with Gasteiger partial charge in [0.15, 0.2) is 5.82 Å². The number of nitriles is 1. The molecule has 424 valence electrons. The summed E-state index contributed by atoms with van der Waals surface area (Å²) >= 11 is 6.79. The van der Waals surface area contributed by atoms with Gasteiger partial charge in [0.1, 0.15) is 23.9 Å². The molecule has 1 unspecified atom stereocenters. The van der Waals surface area contributed by atoms with Crippen molar-refractivity contribution in [3.05, 3.63) is 119 Å². The van der Waals surface area contributed by atoms with Crippen LogP contribution in [0.25, 0.3) is 27.8 Å². The Balaban J connectivity index is 0.722. The van der Waals surface area contributed by atoms with Crippen LogP contribution in [0.2, 0.25) is 5.02 Å². The van der Waals surface area contributed by atoms with Crippen LogP contribution in [0.4, 0.5) is 30.6 Å². The first-order chi connectivity index (χ1) is 39.0. The molecule has 6 aromatic rings. The average molecular weight is 1130 g/mol. The van der Waals surface area contributed by atoms with Gasteiger partial charge in [-0.2, -0.15) is 23.4 Å². The van der Waals surface area contributed by atoms with Gasteiger partial charge in [0.05, 0.1) is 41.4 Å². The summed E-state index contributed by atoms with van der Waals surface area (Å²) in [5, 5.41) is 46.5. The number of likely N-dealkylation sites (tertiary alicyclic amines) is 1. The van der Waals surface area contributed by atoms with E-state index in [1.165, 1.54) is 16.7 Å². The fourth-order valence-corrected chi connectivity index (χ4v) is 11.8. The van der Waals surface area contributed by atoms with E-state index in [0.29, 0.717) is 93.5 Å². The Morgan fingerprint density at radius 3 is 2.36 bits per heavy atom. The lowest BCUT2D eigenvalue weighted by Crippen LogP contribution is -2.55. The van der Waals surface area contributed by atoms with Gasteiger partial charge in [-0.05, 0) is 85.0 Å². The minimum absolute atomic E-state index is 0.00647. The molecule has 81 heavy (non-hydrogen) atoms. The highest BCUT2D eigenvalue weighted by atomic mass is 35.5. The lowest BCUT2D eigenvalue weighted by molar-refractivity contribution is -0.132. The van der Waals surface area contributed by atoms with E-state index >= 15 is 0 Å². The summed E-state index contributed by atoms with van der Waals surface area (Å²) in [6.07, 6.45) is -0.419. The van der Waals surface area contributed by atoms with Gasteiger partial charge >= 0.3 is 6.18 Å². The van der Waals surface area contributed by atoms with Crippen molar-refractivity contribution in [2.45, 2.75) is 64.3 Å². The number of aryl methyl sites for hydroxylation is 1. The first kappa shape index (κ1) is 56.3. The summed E-state index contributed by atoms with van der Waals surface area (Å²) in [5.41, 5.74) is 4.82. The Morgan fingerprint density at radius 1 is 0.889 bits per heavy atom. The number of nitrogens with one attached hydrogen (secondary N) is 2. The molecule has 4 aliphatic heterocycles. The van der Waals surface area contributed by atoms with E-state index in [2.05, 4.69) is 66.0 Å². The second-order valence-electron chi connectivity index (χ2n) is 21.2. The molecular weight excluding hydrogens is 1070 g/mol. The number of alkyl halides is 3. The number of benzene rings is 4. The maximum Gasteiger partial charge on any atom is 0.405 e. The van der Waals surface area contributed by atoms with E-state index in [0.717, 1.165) is 90.7 Å². The van der Waals surface area contributed by atoms with Gasteiger partial charge in [-0.3, -0.25) is 23.9 Å². The van der Waals surface area contributed by atoms with Crippen molar-refractivity contribution in [1.82, 2.24) is 49.6 Å². The number of fused-ring (bicyclic) bond motifs is 2. The van der Waals surface area contributed by atoms with Crippen molar-refractivity contribution < 1.29 is 37.8 Å². The predicted molar refractivity (Wildman–Crippen MR) is 301 cm³/mol. The lowest BCUT2D eigenvalue weighted by Gasteiger charge is -2.42. The number of amides is 3. The van der Waals surface area contributed by atoms with Crippen LogP contribution >= 0.6 is 11.6 Å². The SMILES string of the molecule is C=CC(=O)N1CCN(c2nc(NCCC(=O)N3CCC(CN4CCN(Cc5ccc(-n6c(C(=O)NCC(F)(F)F)nnc6-c6cc(C)c(O)cc6O)cc5)CC4)CC3)nc3c2CCN(c2cccc4cccc(Cl)c24)C3)CC1CC#N. The number of hydrogen-bond acceptors (Lipinski definition) is 15. The summed E-state index contributed by atoms with van der Waals surface area (Å²) in [4.78, 5) is 62.6. The molecular formula is C58H64ClF3N14O5. The second kappa shape index (κ2) is 24.4. The molecule has 3 amide bonds. The molecule has 4 aromatic carbocycles. The number of hydrogen-bond donors (Lipinski definition) is 4. The molecule has 3 saturated heterocycles. The molecule has 0 radical (unpaired) electrons. The highest BCUT2D eigenvalue weighted by Crippen LogP contribution is 2.39. The van der Waals surface area contributed by atoms with Gasteiger partial charge in [0.2, 0.25) is 23.6 Å². The lowest BCUT2D eigenvalue weighted by atomic mass is 9.95. The number of rotatable bonds is 16. The van der Waals surface area contributed by atoms with Gasteiger partial charge in [-0.1, -0.05) is 54.6 Å². The molecule has 3 fully saturated rings. The number of carbonyl (C=O) groups is 3. The zero-order valence-electron chi connectivity index (χ0n) is 45.0. The van der Waals surface area contributed by atoms with Crippen LogP contribution in [0.3, 0.4) is 0 Å². The fraction of sp³-hybridized carbons (Fsp3) is 0.414. The largest absolute Gasteiger partial charge is 0.508 e. The number of piperidine rings is 1. The van der Waals surface area contributed by atoms with Crippen molar-refractivity contribution >= 4 is 57.5 Å². The third-order valence-electron chi connectivity index (χ3n) is 15.8. The maximum absolute atomic E-state index is 13.7. The van der Waals surface area contributed by atoms with Crippen molar-refractivity contribution in [3.8, 4) is 34.6 Å². The molecule has 1 atom stereocenters. The standard InChI is InChI=1S/C58H64ClF3N14O5/c1-3-50(79)75-29-28-74(34-42(75)14-19-63)53-43-18-23-73(47-9-5-7-40-6-4-8-45(59)52(40)47)35-46(43)66-57(67-53)64-20-15-51(80)72-21-16-39(17-22-72)33-71-26-24-70(25-27-71)32-38-10-12-41(13-11-38)76-54(44-30-37(2)48(77)31-49(44)78)68-69-55(76)56(81)65-36-58(60,61)62/h3-13,30-31,39,42,77-78H,1,14-18,20-29,32-36H2,2H3,(H,65,81)(H,64,66,67). The first-order valence-corrected chi connectivity index (χ1v) is 27.7. The number of aromatic nitrogens is 5. The van der Waals surface area contributed by atoms with Crippen molar-refractivity contribution in [2.75, 3.05) is 100 Å². The van der Waals surface area contributed by atoms with Gasteiger partial charge in [0.25, 0.3) is 5.91 Å². The van der Waals surface area contributed by atoms with Gasteiger partial charge in [-0.25, -0.2) is 4.98 Å². The van der Waals surface area contributed by atoms with Crippen molar-refractivity contribution in [1.29, 1.82) is 5.26 Å². The highest BCUT2D eigenvalue weighted by molar-refractivity contribution is 6.36. The summed E-state index contributed by atoms with van der Waals surface area (Å²) in [6, 6.07) is 23.8. The number of aromatic hydroxyl groups is 2. The van der Waals surface area contributed by atoms with Crippen molar-refractivity contribution in [2.24, 2.45) is 5.92 Å². The molecule has 0 aliphatic carbocycles. The Hall–Kier alpha value is -8.00. The van der Waals surface area contributed by atoms with Crippen molar-refractivity contribution in [3.63, 3.8) is 0 Å². The van der Waals surface area contributed by atoms with Crippen LogP contribution in [-0.4, -0.2) is 170 Å². The number of phenols is 2. The number of carbonyl (C=O) groups excluding carboxylic acids is 3. The third kappa shape index (κ3) is 12.8. The summed E-state index contributed by atoms with van der Waals surface area (Å²) in [6.45, 7) is 13.1. The maximum atomic E-state index is 13.7. The minimum atomic E-state index is -4.65. The van der Waals surface area contributed by atoms with E-state index in [-0.39, 0.29) is 53.6 Å². The number of halogens is 4. The van der Waals surface area contributed by atoms with Crippen LogP contribution < -0.4 is 20.4 Å². The van der Waals surface area contributed by atoms with E-state index in [1.807, 2.05) is 40.5 Å². The molecule has 6 heterocycles. The molecule has 4 aliphatic rings. The molecule has 4 N–H and O–H groups in total. The third-order valence-corrected chi connectivity index (χ3v) is 16.1. The number of anilines is 3. The fourth-order valence-electron chi connectivity index (χ4n) is 11.5.